The maximum atomic E-state index is 5.03. The first-order chi connectivity index (χ1) is 13.8. The van der Waals surface area contributed by atoms with E-state index in [1.807, 2.05) is 6.07 Å². The maximum Gasteiger partial charge on any atom is 0.172 e. The molecule has 2 heterocycles. The quantitative estimate of drug-likeness (QED) is 0.357. The van der Waals surface area contributed by atoms with Crippen LogP contribution in [0, 0.1) is 0 Å². The van der Waals surface area contributed by atoms with Gasteiger partial charge in [-0.1, -0.05) is 88.4 Å². The van der Waals surface area contributed by atoms with Crippen LogP contribution in [0.4, 0.5) is 5.69 Å². The number of anilines is 1. The second kappa shape index (κ2) is 7.49. The SMILES string of the molecule is Brc1ccc(N2CSc3nc(-c4ccccc4)c(-c4ccccc4)n3C2)cc1. The van der Waals surface area contributed by atoms with Crippen molar-refractivity contribution >= 4 is 33.4 Å². The lowest BCUT2D eigenvalue weighted by molar-refractivity contribution is 0.608. The zero-order valence-electron chi connectivity index (χ0n) is 15.1. The Balaban J connectivity index is 1.63. The van der Waals surface area contributed by atoms with E-state index in [0.29, 0.717) is 0 Å². The van der Waals surface area contributed by atoms with Crippen LogP contribution >= 0.6 is 27.7 Å². The number of nitrogens with zero attached hydrogens (tertiary/aromatic N) is 3. The third kappa shape index (κ3) is 3.25. The van der Waals surface area contributed by atoms with Gasteiger partial charge in [-0.05, 0) is 24.3 Å². The Kier molecular flexibility index (Phi) is 4.71. The van der Waals surface area contributed by atoms with Crippen LogP contribution in [-0.4, -0.2) is 15.4 Å². The van der Waals surface area contributed by atoms with Crippen LogP contribution in [0.2, 0.25) is 0 Å². The van der Waals surface area contributed by atoms with E-state index in [4.69, 9.17) is 4.98 Å². The van der Waals surface area contributed by atoms with E-state index in [0.717, 1.165) is 33.4 Å². The largest absolute Gasteiger partial charge is 0.344 e. The summed E-state index contributed by atoms with van der Waals surface area (Å²) in [5.41, 5.74) is 5.79. The summed E-state index contributed by atoms with van der Waals surface area (Å²) in [6.45, 7) is 0.786. The summed E-state index contributed by atoms with van der Waals surface area (Å²) >= 11 is 5.31. The lowest BCUT2D eigenvalue weighted by atomic mass is 10.0. The molecule has 5 heteroatoms. The summed E-state index contributed by atoms with van der Waals surface area (Å²) < 4.78 is 3.44. The van der Waals surface area contributed by atoms with Gasteiger partial charge in [0.25, 0.3) is 0 Å². The van der Waals surface area contributed by atoms with Gasteiger partial charge in [0.05, 0.1) is 23.9 Å². The lowest BCUT2D eigenvalue weighted by Crippen LogP contribution is -2.30. The molecule has 0 radical (unpaired) electrons. The molecule has 28 heavy (non-hydrogen) atoms. The summed E-state index contributed by atoms with van der Waals surface area (Å²) in [5, 5.41) is 1.08. The van der Waals surface area contributed by atoms with Crippen molar-refractivity contribution in [2.45, 2.75) is 11.8 Å². The molecule has 0 saturated heterocycles. The number of benzene rings is 3. The lowest BCUT2D eigenvalue weighted by Gasteiger charge is -2.30. The Labute approximate surface area is 177 Å². The Hall–Kier alpha value is -2.50. The monoisotopic (exact) mass is 447 g/mol. The molecule has 1 aliphatic rings. The third-order valence-corrected chi connectivity index (χ3v) is 6.42. The molecule has 0 aliphatic carbocycles. The fourth-order valence-corrected chi connectivity index (χ4v) is 4.74. The number of fused-ring (bicyclic) bond motifs is 1. The van der Waals surface area contributed by atoms with E-state index in [1.165, 1.54) is 16.9 Å². The molecule has 3 aromatic carbocycles. The topological polar surface area (TPSA) is 21.1 Å². The average molecular weight is 448 g/mol. The van der Waals surface area contributed by atoms with Gasteiger partial charge in [-0.3, -0.25) is 4.57 Å². The molecule has 0 N–H and O–H groups in total. The third-order valence-electron chi connectivity index (χ3n) is 4.88. The Bertz CT molecular complexity index is 1090. The van der Waals surface area contributed by atoms with Crippen LogP contribution in [0.1, 0.15) is 0 Å². The highest BCUT2D eigenvalue weighted by Gasteiger charge is 2.25. The molecule has 0 fully saturated rings. The fourth-order valence-electron chi connectivity index (χ4n) is 3.51. The molecule has 1 aliphatic heterocycles. The first kappa shape index (κ1) is 17.6. The molecule has 0 bridgehead atoms. The van der Waals surface area contributed by atoms with Gasteiger partial charge in [0.2, 0.25) is 0 Å². The second-order valence-electron chi connectivity index (χ2n) is 6.68. The van der Waals surface area contributed by atoms with E-state index in [1.54, 1.807) is 11.8 Å². The normalized spacial score (nSPS) is 13.4. The van der Waals surface area contributed by atoms with Crippen LogP contribution in [0.3, 0.4) is 0 Å². The van der Waals surface area contributed by atoms with Crippen LogP contribution < -0.4 is 4.90 Å². The van der Waals surface area contributed by atoms with Gasteiger partial charge < -0.3 is 4.90 Å². The highest BCUT2D eigenvalue weighted by atomic mass is 79.9. The van der Waals surface area contributed by atoms with E-state index >= 15 is 0 Å². The molecule has 3 nitrogen and oxygen atoms in total. The van der Waals surface area contributed by atoms with Crippen LogP contribution in [0.5, 0.6) is 0 Å². The Morgan fingerprint density at radius 1 is 0.786 bits per heavy atom. The van der Waals surface area contributed by atoms with E-state index < -0.39 is 0 Å². The van der Waals surface area contributed by atoms with Crippen LogP contribution in [0.15, 0.2) is 94.6 Å². The number of thioether (sulfide) groups is 1. The van der Waals surface area contributed by atoms with Crippen molar-refractivity contribution < 1.29 is 0 Å². The van der Waals surface area contributed by atoms with Gasteiger partial charge in [-0.2, -0.15) is 0 Å². The van der Waals surface area contributed by atoms with Crippen molar-refractivity contribution in [3.63, 3.8) is 0 Å². The highest BCUT2D eigenvalue weighted by molar-refractivity contribution is 9.10. The summed E-state index contributed by atoms with van der Waals surface area (Å²) in [6.07, 6.45) is 0. The molecule has 1 aromatic heterocycles. The fraction of sp³-hybridized carbons (Fsp3) is 0.0870. The predicted octanol–water partition coefficient (Wildman–Crippen LogP) is 6.51. The van der Waals surface area contributed by atoms with Gasteiger partial charge in [0.15, 0.2) is 5.16 Å². The number of aromatic nitrogens is 2. The van der Waals surface area contributed by atoms with Crippen molar-refractivity contribution in [1.82, 2.24) is 9.55 Å². The molecule has 0 atom stereocenters. The first-order valence-electron chi connectivity index (χ1n) is 9.14. The van der Waals surface area contributed by atoms with Crippen molar-refractivity contribution in [1.29, 1.82) is 0 Å². The number of halogens is 1. The molecule has 0 spiro atoms. The van der Waals surface area contributed by atoms with E-state index in [-0.39, 0.29) is 0 Å². The van der Waals surface area contributed by atoms with E-state index in [9.17, 15) is 0 Å². The summed E-state index contributed by atoms with van der Waals surface area (Å²) in [6, 6.07) is 29.5. The molecule has 0 unspecified atom stereocenters. The molecule has 0 amide bonds. The molecule has 4 aromatic rings. The zero-order chi connectivity index (χ0) is 18.9. The number of rotatable bonds is 3. The minimum atomic E-state index is 0.786. The van der Waals surface area contributed by atoms with Crippen molar-refractivity contribution in [2.75, 3.05) is 10.8 Å². The number of imidazole rings is 1. The minimum absolute atomic E-state index is 0.786. The molecular formula is C23H18BrN3S. The molecular weight excluding hydrogens is 430 g/mol. The first-order valence-corrected chi connectivity index (χ1v) is 10.9. The summed E-state index contributed by atoms with van der Waals surface area (Å²) in [4.78, 5) is 7.41. The average Bonchev–Trinajstić information content (AvgIpc) is 3.14. The maximum absolute atomic E-state index is 5.03. The second-order valence-corrected chi connectivity index (χ2v) is 8.51. The predicted molar refractivity (Wildman–Crippen MR) is 120 cm³/mol. The number of hydrogen-bond donors (Lipinski definition) is 0. The summed E-state index contributed by atoms with van der Waals surface area (Å²) in [5.74, 6) is 0.890. The van der Waals surface area contributed by atoms with E-state index in [2.05, 4.69) is 104 Å². The number of hydrogen-bond acceptors (Lipinski definition) is 3. The van der Waals surface area contributed by atoms with Gasteiger partial charge in [-0.15, -0.1) is 0 Å². The zero-order valence-corrected chi connectivity index (χ0v) is 17.5. The van der Waals surface area contributed by atoms with Gasteiger partial charge >= 0.3 is 0 Å². The van der Waals surface area contributed by atoms with Crippen LogP contribution in [-0.2, 0) is 6.67 Å². The van der Waals surface area contributed by atoms with Gasteiger partial charge in [0.1, 0.15) is 0 Å². The highest BCUT2D eigenvalue weighted by Crippen LogP contribution is 2.39. The van der Waals surface area contributed by atoms with Crippen molar-refractivity contribution in [2.24, 2.45) is 0 Å². The molecule has 0 saturated carbocycles. The van der Waals surface area contributed by atoms with Crippen LogP contribution in [0.25, 0.3) is 22.5 Å². The Morgan fingerprint density at radius 2 is 1.43 bits per heavy atom. The molecule has 5 rings (SSSR count). The summed E-state index contributed by atoms with van der Waals surface area (Å²) in [7, 11) is 0. The van der Waals surface area contributed by atoms with Crippen molar-refractivity contribution in [3.8, 4) is 22.5 Å². The van der Waals surface area contributed by atoms with Gasteiger partial charge in [-0.25, -0.2) is 4.98 Å². The standard InChI is InChI=1S/C23H18BrN3S/c24-19-11-13-20(14-12-19)26-15-27-22(18-9-5-2-6-10-18)21(25-23(27)28-16-26)17-7-3-1-4-8-17/h1-14H,15-16H2. The molecule has 138 valence electrons. The smallest absolute Gasteiger partial charge is 0.172 e. The Morgan fingerprint density at radius 3 is 2.11 bits per heavy atom. The minimum Gasteiger partial charge on any atom is -0.344 e. The van der Waals surface area contributed by atoms with Crippen molar-refractivity contribution in [3.05, 3.63) is 89.4 Å². The van der Waals surface area contributed by atoms with Gasteiger partial charge in [0, 0.05) is 21.3 Å².